The molecule has 47 heavy (non-hydrogen) atoms. The molecule has 16 heteroatoms. The molecule has 0 aliphatic carbocycles. The van der Waals surface area contributed by atoms with Gasteiger partial charge in [0.05, 0.1) is 18.9 Å². The van der Waals surface area contributed by atoms with Crippen molar-refractivity contribution < 1.29 is 41.8 Å². The molecular weight excluding hydrogens is 634 g/mol. The maximum Gasteiger partial charge on any atom is 0.459 e. The van der Waals surface area contributed by atoms with E-state index < -0.39 is 62.3 Å². The Kier molecular flexibility index (Phi) is 11.6. The average molecular weight is 675 g/mol. The molecule has 14 nitrogen and oxygen atoms in total. The molecule has 3 aromatic rings. The van der Waals surface area contributed by atoms with E-state index >= 15 is 0 Å². The minimum absolute atomic E-state index is 0.0168. The summed E-state index contributed by atoms with van der Waals surface area (Å²) in [6, 6.07) is 7.05. The summed E-state index contributed by atoms with van der Waals surface area (Å²) in [5.41, 5.74) is 4.13. The van der Waals surface area contributed by atoms with Crippen LogP contribution >= 0.6 is 7.75 Å². The Labute approximate surface area is 272 Å². The van der Waals surface area contributed by atoms with Crippen molar-refractivity contribution in [1.29, 1.82) is 0 Å². The Balaban J connectivity index is 1.63. The number of carbonyl (C=O) groups is 2. The fourth-order valence-electron chi connectivity index (χ4n) is 4.78. The third-order valence-electron chi connectivity index (χ3n) is 7.73. The van der Waals surface area contributed by atoms with Crippen molar-refractivity contribution in [2.75, 3.05) is 18.9 Å². The zero-order valence-electron chi connectivity index (χ0n) is 26.9. The number of nitrogens with two attached hydrogens (primary N) is 1. The van der Waals surface area contributed by atoms with Gasteiger partial charge < -0.3 is 24.5 Å². The van der Waals surface area contributed by atoms with E-state index in [2.05, 4.69) is 26.0 Å². The molecule has 2 aromatic heterocycles. The van der Waals surface area contributed by atoms with Gasteiger partial charge in [0.25, 0.3) is 0 Å². The molecule has 1 aromatic carbocycles. The molecule has 3 N–H and O–H groups in total. The molecule has 1 fully saturated rings. The van der Waals surface area contributed by atoms with Crippen molar-refractivity contribution in [2.45, 2.75) is 77.9 Å². The lowest BCUT2D eigenvalue weighted by atomic mass is 9.98. The number of halogens is 1. The number of hydrogen-bond acceptors (Lipinski definition) is 12. The number of benzene rings is 1. The molecule has 0 bridgehead atoms. The number of fused-ring (bicyclic) bond motifs is 1. The van der Waals surface area contributed by atoms with E-state index in [1.54, 1.807) is 44.2 Å². The summed E-state index contributed by atoms with van der Waals surface area (Å²) in [6.45, 7) is 8.32. The lowest BCUT2D eigenvalue weighted by molar-refractivity contribution is -0.161. The fourth-order valence-corrected chi connectivity index (χ4v) is 6.30. The van der Waals surface area contributed by atoms with Gasteiger partial charge in [-0.3, -0.25) is 18.7 Å². The molecule has 0 saturated carbocycles. The Morgan fingerprint density at radius 2 is 1.91 bits per heavy atom. The van der Waals surface area contributed by atoms with Gasteiger partial charge in [0, 0.05) is 6.42 Å². The minimum Gasteiger partial charge on any atom is -0.464 e. The van der Waals surface area contributed by atoms with Crippen molar-refractivity contribution in [3.05, 3.63) is 42.7 Å². The highest BCUT2D eigenvalue weighted by atomic mass is 31.2. The first-order valence-electron chi connectivity index (χ1n) is 15.3. The van der Waals surface area contributed by atoms with Crippen LogP contribution in [0.2, 0.25) is 0 Å². The molecule has 0 radical (unpaired) electrons. The summed E-state index contributed by atoms with van der Waals surface area (Å²) < 4.78 is 58.9. The first-order chi connectivity index (χ1) is 22.3. The van der Waals surface area contributed by atoms with Crippen molar-refractivity contribution in [3.63, 3.8) is 0 Å². The summed E-state index contributed by atoms with van der Waals surface area (Å²) in [6.07, 6.45) is 5.71. The van der Waals surface area contributed by atoms with Crippen molar-refractivity contribution in [2.24, 2.45) is 11.8 Å². The molecule has 1 aliphatic heterocycles. The van der Waals surface area contributed by atoms with Crippen molar-refractivity contribution >= 4 is 36.7 Å². The summed E-state index contributed by atoms with van der Waals surface area (Å²) in [5.74, 6) is 0.905. The number of carbonyl (C=O) groups excluding carboxylic acids is 2. The molecule has 0 spiro atoms. The van der Waals surface area contributed by atoms with Crippen LogP contribution in [0, 0.1) is 30.3 Å². The number of ether oxygens (including phenoxy) is 3. The molecule has 4 rings (SSSR count). The Morgan fingerprint density at radius 1 is 1.21 bits per heavy atom. The SMILES string of the molecule is C#C[C@]1(CO[P@@](=O)(N[C@@H](C)C(=O)OCC(CC)CC)Oc2ccccc2)O[C@@H](n2cnc3c(N)nc(F)nc32)C[C@@H]1OC(=O)C(C)C. The predicted molar refractivity (Wildman–Crippen MR) is 169 cm³/mol. The second kappa shape index (κ2) is 15.2. The number of nitrogens with zero attached hydrogens (tertiary/aromatic N) is 4. The molecule has 3 heterocycles. The van der Waals surface area contributed by atoms with Crippen LogP contribution in [0.25, 0.3) is 11.2 Å². The van der Waals surface area contributed by atoms with Gasteiger partial charge in [-0.25, -0.2) is 9.55 Å². The molecule has 254 valence electrons. The van der Waals surface area contributed by atoms with Gasteiger partial charge in [0.1, 0.15) is 30.7 Å². The van der Waals surface area contributed by atoms with E-state index in [9.17, 15) is 18.5 Å². The molecule has 0 amide bonds. The number of terminal acetylenes is 1. The van der Waals surface area contributed by atoms with Crippen molar-refractivity contribution in [3.8, 4) is 18.1 Å². The first-order valence-corrected chi connectivity index (χ1v) is 16.8. The van der Waals surface area contributed by atoms with Gasteiger partial charge in [-0.2, -0.15) is 19.4 Å². The molecule has 1 saturated heterocycles. The number of imidazole rings is 1. The zero-order valence-corrected chi connectivity index (χ0v) is 27.8. The van der Waals surface area contributed by atoms with Gasteiger partial charge in [0.15, 0.2) is 22.6 Å². The molecule has 1 aliphatic rings. The smallest absolute Gasteiger partial charge is 0.459 e. The van der Waals surface area contributed by atoms with E-state index in [-0.39, 0.29) is 41.7 Å². The second-order valence-corrected chi connectivity index (χ2v) is 13.2. The summed E-state index contributed by atoms with van der Waals surface area (Å²) in [7, 11) is -4.41. The van der Waals surface area contributed by atoms with E-state index in [4.69, 9.17) is 35.4 Å². The van der Waals surface area contributed by atoms with Crippen LogP contribution < -0.4 is 15.3 Å². The quantitative estimate of drug-likeness (QED) is 0.0992. The maximum absolute atomic E-state index is 14.3. The number of para-hydroxylation sites is 1. The number of esters is 2. The fraction of sp³-hybridized carbons (Fsp3) is 0.516. The van der Waals surface area contributed by atoms with Gasteiger partial charge in [-0.15, -0.1) is 6.42 Å². The second-order valence-electron chi connectivity index (χ2n) is 11.5. The lowest BCUT2D eigenvalue weighted by Gasteiger charge is -2.31. The highest BCUT2D eigenvalue weighted by Crippen LogP contribution is 2.48. The van der Waals surface area contributed by atoms with Crippen LogP contribution in [0.4, 0.5) is 10.2 Å². The van der Waals surface area contributed by atoms with Gasteiger partial charge >= 0.3 is 25.8 Å². The maximum atomic E-state index is 14.3. The Bertz CT molecular complexity index is 1650. The van der Waals surface area contributed by atoms with Crippen LogP contribution in [-0.4, -0.2) is 62.4 Å². The van der Waals surface area contributed by atoms with Crippen molar-refractivity contribution in [1.82, 2.24) is 24.6 Å². The Morgan fingerprint density at radius 3 is 2.55 bits per heavy atom. The largest absolute Gasteiger partial charge is 0.464 e. The summed E-state index contributed by atoms with van der Waals surface area (Å²) in [4.78, 5) is 37.1. The number of nitrogens with one attached hydrogen (secondary N) is 1. The summed E-state index contributed by atoms with van der Waals surface area (Å²) >= 11 is 0. The molecule has 5 atom stereocenters. The minimum atomic E-state index is -4.41. The molecular formula is C31H40FN6O8P. The number of nitrogen functional groups attached to an aromatic ring is 1. The zero-order chi connectivity index (χ0) is 34.4. The number of rotatable bonds is 15. The average Bonchev–Trinajstić information content (AvgIpc) is 3.62. The highest BCUT2D eigenvalue weighted by molar-refractivity contribution is 7.52. The van der Waals surface area contributed by atoms with Gasteiger partial charge in [0.2, 0.25) is 0 Å². The van der Waals surface area contributed by atoms with Crippen LogP contribution in [0.1, 0.15) is 60.1 Å². The summed E-state index contributed by atoms with van der Waals surface area (Å²) in [5, 5.41) is 2.63. The van der Waals surface area contributed by atoms with Crippen LogP contribution in [-0.2, 0) is 32.9 Å². The van der Waals surface area contributed by atoms with Crippen LogP contribution in [0.3, 0.4) is 0 Å². The predicted octanol–water partition coefficient (Wildman–Crippen LogP) is 4.57. The molecule has 0 unspecified atom stereocenters. The topological polar surface area (TPSA) is 179 Å². The van der Waals surface area contributed by atoms with E-state index in [1.807, 2.05) is 13.8 Å². The normalized spacial score (nSPS) is 21.3. The van der Waals surface area contributed by atoms with Crippen LogP contribution in [0.5, 0.6) is 5.75 Å². The first kappa shape index (κ1) is 35.8. The number of hydrogen-bond donors (Lipinski definition) is 2. The highest BCUT2D eigenvalue weighted by Gasteiger charge is 2.53. The third kappa shape index (κ3) is 8.44. The van der Waals surface area contributed by atoms with E-state index in [0.29, 0.717) is 0 Å². The Hall–Kier alpha value is -4.09. The standard InChI is InChI=1S/C31H40FN6O8P/c1-7-21(8-2)16-42-29(40)20(6)37-47(41,46-22-13-11-10-12-14-22)43-17-31(9-3)23(44-28(39)19(4)5)15-24(45-31)38-18-34-25-26(33)35-30(32)36-27(25)38/h3,10-14,18-21,23-24H,7-8,15-17H2,1-2,4-6H3,(H,37,41)(H2,33,35,36)/t20-,23-,24+,31+,47-/m0/s1. The van der Waals surface area contributed by atoms with E-state index in [1.165, 1.54) is 17.8 Å². The van der Waals surface area contributed by atoms with Gasteiger partial charge in [-0.05, 0) is 25.0 Å². The van der Waals surface area contributed by atoms with E-state index in [0.717, 1.165) is 12.8 Å². The third-order valence-corrected chi connectivity index (χ3v) is 9.35. The van der Waals surface area contributed by atoms with Gasteiger partial charge in [-0.1, -0.05) is 64.7 Å². The monoisotopic (exact) mass is 674 g/mol. The number of aromatic nitrogens is 4. The van der Waals surface area contributed by atoms with Crippen LogP contribution in [0.15, 0.2) is 36.7 Å². The number of anilines is 1. The lowest BCUT2D eigenvalue weighted by Crippen LogP contribution is -2.46.